The fraction of sp³-hybridized carbons (Fsp3) is 0.467. The molecule has 2 N–H and O–H groups in total. The highest BCUT2D eigenvalue weighted by Crippen LogP contribution is 2.43. The SMILES string of the molecule is CC1SCC(c2noc([C@H](N)c3ccccc3)n2)SC1C. The Balaban J connectivity index is 1.75. The minimum Gasteiger partial charge on any atom is -0.337 e. The fourth-order valence-electron chi connectivity index (χ4n) is 2.23. The van der Waals surface area contributed by atoms with Crippen LogP contribution in [0.3, 0.4) is 0 Å². The molecule has 2 heterocycles. The largest absolute Gasteiger partial charge is 0.337 e. The summed E-state index contributed by atoms with van der Waals surface area (Å²) in [6, 6.07) is 9.48. The quantitative estimate of drug-likeness (QED) is 0.934. The molecular formula is C15H19N3OS2. The number of benzene rings is 1. The second-order valence-electron chi connectivity index (χ2n) is 5.25. The molecule has 0 aliphatic carbocycles. The van der Waals surface area contributed by atoms with Gasteiger partial charge in [-0.15, -0.1) is 11.8 Å². The zero-order chi connectivity index (χ0) is 14.8. The molecule has 0 saturated carbocycles. The molecule has 21 heavy (non-hydrogen) atoms. The monoisotopic (exact) mass is 321 g/mol. The van der Waals surface area contributed by atoms with Crippen LogP contribution in [-0.2, 0) is 0 Å². The molecule has 0 spiro atoms. The predicted molar refractivity (Wildman–Crippen MR) is 88.5 cm³/mol. The molecule has 0 bridgehead atoms. The average molecular weight is 321 g/mol. The van der Waals surface area contributed by atoms with Gasteiger partial charge in [-0.05, 0) is 5.56 Å². The van der Waals surface area contributed by atoms with Crippen LogP contribution in [-0.4, -0.2) is 26.4 Å². The van der Waals surface area contributed by atoms with Crippen molar-refractivity contribution in [1.29, 1.82) is 0 Å². The smallest absolute Gasteiger partial charge is 0.248 e. The summed E-state index contributed by atoms with van der Waals surface area (Å²) in [7, 11) is 0. The number of thioether (sulfide) groups is 2. The highest BCUT2D eigenvalue weighted by atomic mass is 32.2. The maximum atomic E-state index is 6.20. The van der Waals surface area contributed by atoms with E-state index in [1.54, 1.807) is 0 Å². The second kappa shape index (κ2) is 6.42. The lowest BCUT2D eigenvalue weighted by molar-refractivity contribution is 0.362. The summed E-state index contributed by atoms with van der Waals surface area (Å²) in [4.78, 5) is 4.53. The van der Waals surface area contributed by atoms with Gasteiger partial charge in [0.25, 0.3) is 0 Å². The van der Waals surface area contributed by atoms with Crippen molar-refractivity contribution in [2.75, 3.05) is 5.75 Å². The van der Waals surface area contributed by atoms with Crippen LogP contribution in [0.15, 0.2) is 34.9 Å². The number of hydrogen-bond donors (Lipinski definition) is 1. The van der Waals surface area contributed by atoms with Crippen LogP contribution in [0.1, 0.15) is 42.4 Å². The summed E-state index contributed by atoms with van der Waals surface area (Å²) in [5, 5.41) is 5.71. The van der Waals surface area contributed by atoms with Crippen molar-refractivity contribution in [2.24, 2.45) is 5.73 Å². The Morgan fingerprint density at radius 3 is 2.71 bits per heavy atom. The third-order valence-corrected chi connectivity index (χ3v) is 7.11. The van der Waals surface area contributed by atoms with Crippen LogP contribution >= 0.6 is 23.5 Å². The van der Waals surface area contributed by atoms with Gasteiger partial charge in [-0.3, -0.25) is 0 Å². The Kier molecular flexibility index (Phi) is 4.57. The summed E-state index contributed by atoms with van der Waals surface area (Å²) in [6.45, 7) is 4.52. The van der Waals surface area contributed by atoms with E-state index in [1.165, 1.54) is 0 Å². The van der Waals surface area contributed by atoms with Gasteiger partial charge in [-0.1, -0.05) is 49.3 Å². The van der Waals surface area contributed by atoms with E-state index in [-0.39, 0.29) is 6.04 Å². The van der Waals surface area contributed by atoms with Crippen LogP contribution < -0.4 is 5.73 Å². The molecular weight excluding hydrogens is 302 g/mol. The molecule has 0 radical (unpaired) electrons. The van der Waals surface area contributed by atoms with Gasteiger partial charge in [0.2, 0.25) is 5.89 Å². The third-order valence-electron chi connectivity index (χ3n) is 3.72. The van der Waals surface area contributed by atoms with Crippen molar-refractivity contribution in [2.45, 2.75) is 35.6 Å². The van der Waals surface area contributed by atoms with Gasteiger partial charge < -0.3 is 10.3 Å². The minimum atomic E-state index is -0.356. The first kappa shape index (κ1) is 14.9. The van der Waals surface area contributed by atoms with E-state index in [4.69, 9.17) is 10.3 Å². The number of rotatable bonds is 3. The van der Waals surface area contributed by atoms with E-state index in [0.29, 0.717) is 21.6 Å². The van der Waals surface area contributed by atoms with Gasteiger partial charge in [0.1, 0.15) is 6.04 Å². The van der Waals surface area contributed by atoms with Gasteiger partial charge in [-0.25, -0.2) is 0 Å². The molecule has 3 rings (SSSR count). The van der Waals surface area contributed by atoms with Crippen molar-refractivity contribution in [3.05, 3.63) is 47.6 Å². The van der Waals surface area contributed by atoms with Crippen LogP contribution in [0.25, 0.3) is 0 Å². The normalized spacial score (nSPS) is 27.5. The van der Waals surface area contributed by atoms with Gasteiger partial charge >= 0.3 is 0 Å². The Morgan fingerprint density at radius 2 is 2.00 bits per heavy atom. The summed E-state index contributed by atoms with van der Waals surface area (Å²) < 4.78 is 5.39. The van der Waals surface area contributed by atoms with Gasteiger partial charge in [0.15, 0.2) is 5.82 Å². The molecule has 3 unspecified atom stereocenters. The molecule has 6 heteroatoms. The molecule has 4 atom stereocenters. The van der Waals surface area contributed by atoms with Crippen LogP contribution in [0.5, 0.6) is 0 Å². The number of nitrogens with zero attached hydrogens (tertiary/aromatic N) is 2. The predicted octanol–water partition coefficient (Wildman–Crippen LogP) is 3.42. The second-order valence-corrected chi connectivity index (χ2v) is 8.24. The zero-order valence-electron chi connectivity index (χ0n) is 12.1. The van der Waals surface area contributed by atoms with Crippen LogP contribution in [0, 0.1) is 0 Å². The van der Waals surface area contributed by atoms with E-state index >= 15 is 0 Å². The van der Waals surface area contributed by atoms with Crippen molar-refractivity contribution < 1.29 is 4.52 Å². The Morgan fingerprint density at radius 1 is 1.24 bits per heavy atom. The number of nitrogens with two attached hydrogens (primary N) is 1. The lowest BCUT2D eigenvalue weighted by Gasteiger charge is -2.29. The first-order valence-corrected chi connectivity index (χ1v) is 9.05. The highest BCUT2D eigenvalue weighted by molar-refractivity contribution is 8.07. The summed E-state index contributed by atoms with van der Waals surface area (Å²) in [5.41, 5.74) is 7.19. The lowest BCUT2D eigenvalue weighted by atomic mass is 10.1. The lowest BCUT2D eigenvalue weighted by Crippen LogP contribution is -2.22. The Bertz CT molecular complexity index is 590. The van der Waals surface area contributed by atoms with Gasteiger partial charge in [0.05, 0.1) is 5.25 Å². The summed E-state index contributed by atoms with van der Waals surface area (Å²) in [6.07, 6.45) is 0. The first-order valence-electron chi connectivity index (χ1n) is 7.06. The molecule has 4 nitrogen and oxygen atoms in total. The van der Waals surface area contributed by atoms with E-state index in [9.17, 15) is 0 Å². The molecule has 1 aliphatic heterocycles. The molecule has 1 aromatic carbocycles. The van der Waals surface area contributed by atoms with Crippen molar-refractivity contribution in [3.8, 4) is 0 Å². The molecule has 2 aromatic rings. The van der Waals surface area contributed by atoms with Crippen molar-refractivity contribution in [3.63, 3.8) is 0 Å². The minimum absolute atomic E-state index is 0.293. The molecule has 1 fully saturated rings. The Labute approximate surface area is 133 Å². The topological polar surface area (TPSA) is 64.9 Å². The standard InChI is InChI=1S/C15H19N3OS2/c1-9-10(2)21-12(8-20-9)14-17-15(19-18-14)13(16)11-6-4-3-5-7-11/h3-7,9-10,12-13H,8,16H2,1-2H3/t9?,10?,12?,13-/m1/s1. The third kappa shape index (κ3) is 3.27. The summed E-state index contributed by atoms with van der Waals surface area (Å²) >= 11 is 3.89. The van der Waals surface area contributed by atoms with E-state index in [1.807, 2.05) is 53.9 Å². The van der Waals surface area contributed by atoms with E-state index in [2.05, 4.69) is 24.0 Å². The average Bonchev–Trinajstić information content (AvgIpc) is 3.00. The van der Waals surface area contributed by atoms with E-state index in [0.717, 1.165) is 17.1 Å². The number of hydrogen-bond acceptors (Lipinski definition) is 6. The van der Waals surface area contributed by atoms with E-state index < -0.39 is 0 Å². The van der Waals surface area contributed by atoms with Crippen LogP contribution in [0.4, 0.5) is 0 Å². The van der Waals surface area contributed by atoms with Crippen molar-refractivity contribution >= 4 is 23.5 Å². The first-order chi connectivity index (χ1) is 10.1. The highest BCUT2D eigenvalue weighted by Gasteiger charge is 2.30. The summed E-state index contributed by atoms with van der Waals surface area (Å²) in [5.74, 6) is 2.29. The van der Waals surface area contributed by atoms with Gasteiger partial charge in [-0.2, -0.15) is 16.7 Å². The molecule has 112 valence electrons. The van der Waals surface area contributed by atoms with Gasteiger partial charge in [0, 0.05) is 16.3 Å². The molecule has 1 saturated heterocycles. The number of aromatic nitrogens is 2. The maximum absolute atomic E-state index is 6.20. The Hall–Kier alpha value is -0.980. The molecule has 0 amide bonds. The molecule has 1 aliphatic rings. The maximum Gasteiger partial charge on any atom is 0.248 e. The zero-order valence-corrected chi connectivity index (χ0v) is 13.7. The van der Waals surface area contributed by atoms with Crippen molar-refractivity contribution in [1.82, 2.24) is 10.1 Å². The fourth-order valence-corrected chi connectivity index (χ4v) is 5.06. The van der Waals surface area contributed by atoms with Crippen LogP contribution in [0.2, 0.25) is 0 Å². The molecule has 1 aromatic heterocycles.